The molecule has 2 heterocycles. The summed E-state index contributed by atoms with van der Waals surface area (Å²) < 4.78 is 1.55. The first-order valence-electron chi connectivity index (χ1n) is 9.65. The molecule has 0 fully saturated rings. The van der Waals surface area contributed by atoms with Crippen LogP contribution in [-0.4, -0.2) is 27.5 Å². The summed E-state index contributed by atoms with van der Waals surface area (Å²) in [6.07, 6.45) is -0.0289. The van der Waals surface area contributed by atoms with E-state index in [-0.39, 0.29) is 24.1 Å². The number of carbonyl (C=O) groups is 3. The predicted octanol–water partition coefficient (Wildman–Crippen LogP) is 3.99. The zero-order valence-electron chi connectivity index (χ0n) is 16.9. The molecule has 1 aliphatic heterocycles. The van der Waals surface area contributed by atoms with Crippen molar-refractivity contribution in [3.05, 3.63) is 59.1 Å². The molecule has 3 aromatic rings. The van der Waals surface area contributed by atoms with E-state index in [1.165, 1.54) is 6.92 Å². The molecule has 31 heavy (non-hydrogen) atoms. The lowest BCUT2D eigenvalue weighted by molar-refractivity contribution is -0.125. The topological polar surface area (TPSA) is 105 Å². The number of aromatic nitrogens is 2. The van der Waals surface area contributed by atoms with Gasteiger partial charge in [-0.2, -0.15) is 5.10 Å². The summed E-state index contributed by atoms with van der Waals surface area (Å²) in [6, 6.07) is 13.2. The minimum absolute atomic E-state index is 0.0289. The van der Waals surface area contributed by atoms with Crippen molar-refractivity contribution in [2.45, 2.75) is 26.3 Å². The second kappa shape index (κ2) is 8.23. The van der Waals surface area contributed by atoms with Crippen LogP contribution < -0.4 is 16.0 Å². The third kappa shape index (κ3) is 4.29. The van der Waals surface area contributed by atoms with E-state index < -0.39 is 6.04 Å². The minimum Gasteiger partial charge on any atom is -0.326 e. The van der Waals surface area contributed by atoms with Gasteiger partial charge in [-0.25, -0.2) is 4.68 Å². The van der Waals surface area contributed by atoms with Gasteiger partial charge >= 0.3 is 0 Å². The molecule has 3 amide bonds. The molecule has 4 rings (SSSR count). The van der Waals surface area contributed by atoms with Crippen molar-refractivity contribution < 1.29 is 14.4 Å². The Hall–Kier alpha value is -3.65. The molecule has 2 aromatic carbocycles. The monoisotopic (exact) mass is 437 g/mol. The largest absolute Gasteiger partial charge is 0.326 e. The van der Waals surface area contributed by atoms with Gasteiger partial charge in [-0.1, -0.05) is 23.7 Å². The zero-order chi connectivity index (χ0) is 22.1. The van der Waals surface area contributed by atoms with Crippen molar-refractivity contribution in [3.63, 3.8) is 0 Å². The van der Waals surface area contributed by atoms with E-state index in [0.29, 0.717) is 27.9 Å². The predicted molar refractivity (Wildman–Crippen MR) is 119 cm³/mol. The molecule has 8 nitrogen and oxygen atoms in total. The smallest absolute Gasteiger partial charge is 0.249 e. The Kier molecular flexibility index (Phi) is 5.48. The first-order valence-corrected chi connectivity index (χ1v) is 10.0. The second-order valence-corrected chi connectivity index (χ2v) is 7.73. The van der Waals surface area contributed by atoms with E-state index >= 15 is 0 Å². The number of anilines is 3. The maximum absolute atomic E-state index is 13.0. The Morgan fingerprint density at radius 1 is 1.13 bits per heavy atom. The average Bonchev–Trinajstić information content (AvgIpc) is 3.05. The number of hydrogen-bond acceptors (Lipinski definition) is 4. The van der Waals surface area contributed by atoms with Crippen LogP contribution in [0.4, 0.5) is 17.2 Å². The van der Waals surface area contributed by atoms with Crippen LogP contribution in [-0.2, 0) is 14.4 Å². The molecule has 0 bridgehead atoms. The second-order valence-electron chi connectivity index (χ2n) is 7.29. The third-order valence-corrected chi connectivity index (χ3v) is 5.19. The van der Waals surface area contributed by atoms with Gasteiger partial charge in [-0.05, 0) is 43.3 Å². The van der Waals surface area contributed by atoms with E-state index in [1.54, 1.807) is 41.1 Å². The molecule has 0 saturated carbocycles. The van der Waals surface area contributed by atoms with Crippen LogP contribution in [0.3, 0.4) is 0 Å². The van der Waals surface area contributed by atoms with Crippen LogP contribution in [0.2, 0.25) is 5.02 Å². The highest BCUT2D eigenvalue weighted by molar-refractivity contribution is 6.30. The van der Waals surface area contributed by atoms with E-state index in [9.17, 15) is 14.4 Å². The van der Waals surface area contributed by atoms with Crippen LogP contribution in [0.5, 0.6) is 0 Å². The van der Waals surface area contributed by atoms with Crippen molar-refractivity contribution in [2.24, 2.45) is 0 Å². The number of nitrogens with one attached hydrogen (secondary N) is 3. The molecule has 0 unspecified atom stereocenters. The van der Waals surface area contributed by atoms with Crippen molar-refractivity contribution in [1.82, 2.24) is 9.78 Å². The third-order valence-electron chi connectivity index (χ3n) is 4.95. The van der Waals surface area contributed by atoms with Gasteiger partial charge in [-0.3, -0.25) is 14.4 Å². The van der Waals surface area contributed by atoms with E-state index in [0.717, 1.165) is 11.1 Å². The molecule has 3 N–H and O–H groups in total. The summed E-state index contributed by atoms with van der Waals surface area (Å²) >= 11 is 6.11. The maximum Gasteiger partial charge on any atom is 0.249 e. The minimum atomic E-state index is -0.801. The number of benzene rings is 2. The number of amides is 3. The molecule has 0 aliphatic carbocycles. The Morgan fingerprint density at radius 3 is 2.45 bits per heavy atom. The number of rotatable bonds is 4. The van der Waals surface area contributed by atoms with Crippen molar-refractivity contribution in [3.8, 4) is 11.3 Å². The quantitative estimate of drug-likeness (QED) is 0.573. The van der Waals surface area contributed by atoms with Gasteiger partial charge < -0.3 is 16.0 Å². The van der Waals surface area contributed by atoms with Crippen LogP contribution in [0, 0.1) is 6.92 Å². The highest BCUT2D eigenvalue weighted by Crippen LogP contribution is 2.35. The first kappa shape index (κ1) is 20.6. The maximum atomic E-state index is 13.0. The fourth-order valence-electron chi connectivity index (χ4n) is 3.52. The number of halogens is 1. The lowest BCUT2D eigenvalue weighted by Gasteiger charge is -2.24. The fourth-order valence-corrected chi connectivity index (χ4v) is 3.71. The van der Waals surface area contributed by atoms with Crippen molar-refractivity contribution >= 4 is 46.5 Å². The normalized spacial score (nSPS) is 15.1. The zero-order valence-corrected chi connectivity index (χ0v) is 17.7. The molecule has 1 atom stereocenters. The number of fused-ring (bicyclic) bond motifs is 1. The van der Waals surface area contributed by atoms with Gasteiger partial charge in [0.05, 0.1) is 12.1 Å². The molecule has 1 aliphatic rings. The van der Waals surface area contributed by atoms with E-state index in [2.05, 4.69) is 21.0 Å². The number of carbonyl (C=O) groups excluding carboxylic acids is 3. The van der Waals surface area contributed by atoms with Crippen LogP contribution >= 0.6 is 11.6 Å². The molecular formula is C22H20ClN5O3. The van der Waals surface area contributed by atoms with Crippen LogP contribution in [0.25, 0.3) is 11.3 Å². The Balaban J connectivity index is 1.61. The molecule has 1 aromatic heterocycles. The Bertz CT molecular complexity index is 1190. The van der Waals surface area contributed by atoms with Crippen LogP contribution in [0.1, 0.15) is 24.9 Å². The molecular weight excluding hydrogens is 418 g/mol. The molecule has 0 spiro atoms. The summed E-state index contributed by atoms with van der Waals surface area (Å²) in [6.45, 7) is 3.27. The van der Waals surface area contributed by atoms with Gasteiger partial charge in [-0.15, -0.1) is 0 Å². The fraction of sp³-hybridized carbons (Fsp3) is 0.182. The summed E-state index contributed by atoms with van der Waals surface area (Å²) in [7, 11) is 0. The number of hydrogen-bond donors (Lipinski definition) is 3. The number of nitrogens with zero attached hydrogens (tertiary/aromatic N) is 2. The standard InChI is InChI=1S/C22H20ClN5O3/c1-12-20(14-4-3-5-15(23)10-14)27-28-18(11-19(30)26-21(12)28)22(31)25-17-8-6-16(7-9-17)24-13(2)29/h3-10,18H,11H2,1-2H3,(H,24,29)(H,25,31)(H,26,30)/t18-/m1/s1. The van der Waals surface area contributed by atoms with Crippen molar-refractivity contribution in [1.29, 1.82) is 0 Å². The Labute approximate surface area is 183 Å². The van der Waals surface area contributed by atoms with E-state index in [4.69, 9.17) is 11.6 Å². The van der Waals surface area contributed by atoms with Gasteiger partial charge in [0, 0.05) is 34.4 Å². The molecule has 9 heteroatoms. The van der Waals surface area contributed by atoms with Crippen LogP contribution in [0.15, 0.2) is 48.5 Å². The van der Waals surface area contributed by atoms with Gasteiger partial charge in [0.1, 0.15) is 11.9 Å². The Morgan fingerprint density at radius 2 is 1.81 bits per heavy atom. The van der Waals surface area contributed by atoms with Gasteiger partial charge in [0.2, 0.25) is 17.7 Å². The highest BCUT2D eigenvalue weighted by Gasteiger charge is 2.34. The molecule has 0 radical (unpaired) electrons. The summed E-state index contributed by atoms with van der Waals surface area (Å²) in [5.74, 6) is -0.299. The average molecular weight is 438 g/mol. The van der Waals surface area contributed by atoms with Gasteiger partial charge in [0.15, 0.2) is 0 Å². The molecule has 158 valence electrons. The lowest BCUT2D eigenvalue weighted by Crippen LogP contribution is -2.35. The SMILES string of the molecule is CC(=O)Nc1ccc(NC(=O)[C@H]2CC(=O)Nc3c(C)c(-c4cccc(Cl)c4)nn32)cc1. The highest BCUT2D eigenvalue weighted by atomic mass is 35.5. The van der Waals surface area contributed by atoms with Crippen molar-refractivity contribution in [2.75, 3.05) is 16.0 Å². The van der Waals surface area contributed by atoms with E-state index in [1.807, 2.05) is 19.1 Å². The summed E-state index contributed by atoms with van der Waals surface area (Å²) in [4.78, 5) is 36.5. The lowest BCUT2D eigenvalue weighted by atomic mass is 10.1. The molecule has 0 saturated heterocycles. The van der Waals surface area contributed by atoms with Gasteiger partial charge in [0.25, 0.3) is 0 Å². The summed E-state index contributed by atoms with van der Waals surface area (Å²) in [5, 5.41) is 13.5. The summed E-state index contributed by atoms with van der Waals surface area (Å²) in [5.41, 5.74) is 3.38. The first-order chi connectivity index (χ1) is 14.8.